The second kappa shape index (κ2) is 6.61. The molecule has 1 unspecified atom stereocenters. The third-order valence-electron chi connectivity index (χ3n) is 1.79. The molecule has 0 radical (unpaired) electrons. The number of hydrogen-bond donors (Lipinski definition) is 1. The van der Waals surface area contributed by atoms with Crippen molar-refractivity contribution in [2.24, 2.45) is 0 Å². The van der Waals surface area contributed by atoms with Crippen LogP contribution in [0.5, 0.6) is 0 Å². The zero-order chi connectivity index (χ0) is 12.9. The average Bonchev–Trinajstić information content (AvgIpc) is 2.19. The van der Waals surface area contributed by atoms with Gasteiger partial charge in [0.15, 0.2) is 0 Å². The first-order valence-corrected chi connectivity index (χ1v) is 6.60. The second-order valence-corrected chi connectivity index (χ2v) is 5.75. The van der Waals surface area contributed by atoms with E-state index in [1.54, 1.807) is 12.3 Å². The van der Waals surface area contributed by atoms with Crippen LogP contribution in [-0.4, -0.2) is 29.5 Å². The molecule has 0 saturated carbocycles. The number of thioether (sulfide) groups is 1. The first-order chi connectivity index (χ1) is 7.88. The van der Waals surface area contributed by atoms with E-state index in [-0.39, 0.29) is 11.8 Å². The predicted molar refractivity (Wildman–Crippen MR) is 66.2 cm³/mol. The van der Waals surface area contributed by atoms with Gasteiger partial charge in [0.25, 0.3) is 0 Å². The van der Waals surface area contributed by atoms with Gasteiger partial charge in [-0.1, -0.05) is 6.92 Å². The first-order valence-electron chi connectivity index (χ1n) is 4.93. The number of rotatable bonds is 5. The number of pyridine rings is 1. The normalized spacial score (nSPS) is 13.7. The van der Waals surface area contributed by atoms with Gasteiger partial charge in [-0.25, -0.2) is 4.98 Å². The van der Waals surface area contributed by atoms with Crippen molar-refractivity contribution >= 4 is 27.7 Å². The summed E-state index contributed by atoms with van der Waals surface area (Å²) >= 11 is 4.77. The Morgan fingerprint density at radius 1 is 1.53 bits per heavy atom. The monoisotopic (exact) mass is 328 g/mol. The van der Waals surface area contributed by atoms with Crippen molar-refractivity contribution in [3.8, 4) is 0 Å². The van der Waals surface area contributed by atoms with Gasteiger partial charge in [-0.05, 0) is 28.1 Å². The highest BCUT2D eigenvalue weighted by Gasteiger charge is 2.26. The topological polar surface area (TPSA) is 24.9 Å². The fraction of sp³-hybridized carbons (Fsp3) is 0.500. The van der Waals surface area contributed by atoms with Crippen molar-refractivity contribution in [1.82, 2.24) is 10.3 Å². The van der Waals surface area contributed by atoms with Gasteiger partial charge >= 0.3 is 6.18 Å². The molecule has 0 aliphatic carbocycles. The molecule has 0 aromatic carbocycles. The van der Waals surface area contributed by atoms with E-state index >= 15 is 0 Å². The molecule has 96 valence electrons. The first kappa shape index (κ1) is 14.8. The van der Waals surface area contributed by atoms with Crippen LogP contribution < -0.4 is 5.32 Å². The van der Waals surface area contributed by atoms with Crippen molar-refractivity contribution in [2.45, 2.75) is 23.4 Å². The van der Waals surface area contributed by atoms with Gasteiger partial charge in [-0.2, -0.15) is 13.2 Å². The van der Waals surface area contributed by atoms with E-state index in [9.17, 15) is 13.2 Å². The Labute approximate surface area is 111 Å². The fourth-order valence-corrected chi connectivity index (χ4v) is 2.53. The Hall–Kier alpha value is -0.270. The van der Waals surface area contributed by atoms with Gasteiger partial charge < -0.3 is 5.32 Å². The largest absolute Gasteiger partial charge is 0.401 e. The summed E-state index contributed by atoms with van der Waals surface area (Å²) < 4.78 is 36.6. The van der Waals surface area contributed by atoms with E-state index in [2.05, 4.69) is 26.2 Å². The second-order valence-electron chi connectivity index (χ2n) is 3.46. The van der Waals surface area contributed by atoms with Crippen LogP contribution in [-0.2, 0) is 0 Å². The van der Waals surface area contributed by atoms with Crippen LogP contribution in [0.15, 0.2) is 27.8 Å². The van der Waals surface area contributed by atoms with E-state index in [1.807, 2.05) is 13.0 Å². The Balaban J connectivity index is 2.35. The van der Waals surface area contributed by atoms with Crippen LogP contribution in [0.4, 0.5) is 13.2 Å². The number of halogens is 4. The summed E-state index contributed by atoms with van der Waals surface area (Å²) in [6, 6.07) is 3.64. The molecule has 0 saturated heterocycles. The quantitative estimate of drug-likeness (QED) is 0.838. The van der Waals surface area contributed by atoms with Gasteiger partial charge in [0.05, 0.1) is 6.54 Å². The molecular formula is C10H12BrF3N2S. The van der Waals surface area contributed by atoms with Crippen LogP contribution >= 0.6 is 27.7 Å². The van der Waals surface area contributed by atoms with Crippen molar-refractivity contribution in [1.29, 1.82) is 0 Å². The third kappa shape index (κ3) is 6.28. The van der Waals surface area contributed by atoms with Gasteiger partial charge in [-0.15, -0.1) is 11.8 Å². The highest BCUT2D eigenvalue weighted by atomic mass is 79.9. The Morgan fingerprint density at radius 3 is 2.82 bits per heavy atom. The molecule has 1 aromatic rings. The maximum Gasteiger partial charge on any atom is 0.401 e. The van der Waals surface area contributed by atoms with Gasteiger partial charge in [0, 0.05) is 22.5 Å². The maximum absolute atomic E-state index is 11.9. The summed E-state index contributed by atoms with van der Waals surface area (Å²) in [4.78, 5) is 4.14. The van der Waals surface area contributed by atoms with E-state index in [0.717, 1.165) is 9.50 Å². The highest BCUT2D eigenvalue weighted by molar-refractivity contribution is 9.10. The lowest BCUT2D eigenvalue weighted by atomic mass is 10.4. The van der Waals surface area contributed by atoms with Crippen molar-refractivity contribution < 1.29 is 13.2 Å². The number of alkyl halides is 3. The lowest BCUT2D eigenvalue weighted by Crippen LogP contribution is -2.32. The number of nitrogens with zero attached hydrogens (tertiary/aromatic N) is 1. The number of aromatic nitrogens is 1. The molecule has 1 N–H and O–H groups in total. The Morgan fingerprint density at radius 2 is 2.24 bits per heavy atom. The van der Waals surface area contributed by atoms with Gasteiger partial charge in [0.2, 0.25) is 0 Å². The summed E-state index contributed by atoms with van der Waals surface area (Å²) in [5.74, 6) is 0. The maximum atomic E-state index is 11.9. The van der Waals surface area contributed by atoms with E-state index < -0.39 is 12.7 Å². The van der Waals surface area contributed by atoms with Crippen molar-refractivity contribution in [3.63, 3.8) is 0 Å². The summed E-state index contributed by atoms with van der Waals surface area (Å²) in [5.41, 5.74) is 0. The molecule has 1 aromatic heterocycles. The van der Waals surface area contributed by atoms with Crippen LogP contribution in [0.2, 0.25) is 0 Å². The molecule has 7 heteroatoms. The lowest BCUT2D eigenvalue weighted by molar-refractivity contribution is -0.124. The molecule has 2 nitrogen and oxygen atoms in total. The van der Waals surface area contributed by atoms with Crippen molar-refractivity contribution in [3.05, 3.63) is 22.8 Å². The Bertz CT molecular complexity index is 360. The smallest absolute Gasteiger partial charge is 0.308 e. The van der Waals surface area contributed by atoms with Crippen LogP contribution in [0.1, 0.15) is 6.92 Å². The molecule has 17 heavy (non-hydrogen) atoms. The minimum absolute atomic E-state index is 0.0172. The van der Waals surface area contributed by atoms with Crippen molar-refractivity contribution in [2.75, 3.05) is 13.1 Å². The molecule has 0 amide bonds. The minimum atomic E-state index is -4.16. The van der Waals surface area contributed by atoms with E-state index in [0.29, 0.717) is 0 Å². The minimum Gasteiger partial charge on any atom is -0.308 e. The summed E-state index contributed by atoms with van der Waals surface area (Å²) in [6.07, 6.45) is -2.50. The molecule has 0 fully saturated rings. The SMILES string of the molecule is CC(CNCC(F)(F)F)Sc1ncccc1Br. The summed E-state index contributed by atoms with van der Waals surface area (Å²) in [7, 11) is 0. The standard InChI is InChI=1S/C10H12BrF3N2S/c1-7(5-15-6-10(12,13)14)17-9-8(11)3-2-4-16-9/h2-4,7,15H,5-6H2,1H3. The molecule has 1 heterocycles. The summed E-state index contributed by atoms with van der Waals surface area (Å²) in [5, 5.41) is 3.18. The molecule has 1 atom stereocenters. The van der Waals surface area contributed by atoms with E-state index in [1.165, 1.54) is 11.8 Å². The molecule has 0 aliphatic rings. The van der Waals surface area contributed by atoms with Crippen LogP contribution in [0, 0.1) is 0 Å². The molecular weight excluding hydrogens is 317 g/mol. The molecule has 0 bridgehead atoms. The third-order valence-corrected chi connectivity index (χ3v) is 3.81. The van der Waals surface area contributed by atoms with Gasteiger partial charge in [0.1, 0.15) is 5.03 Å². The zero-order valence-corrected chi connectivity index (χ0v) is 11.5. The molecule has 0 spiro atoms. The number of hydrogen-bond acceptors (Lipinski definition) is 3. The molecule has 1 rings (SSSR count). The average molecular weight is 329 g/mol. The summed E-state index contributed by atoms with van der Waals surface area (Å²) in [6.45, 7) is 1.18. The van der Waals surface area contributed by atoms with Gasteiger partial charge in [-0.3, -0.25) is 0 Å². The fourth-order valence-electron chi connectivity index (χ4n) is 1.11. The highest BCUT2D eigenvalue weighted by Crippen LogP contribution is 2.27. The van der Waals surface area contributed by atoms with Crippen LogP contribution in [0.25, 0.3) is 0 Å². The van der Waals surface area contributed by atoms with Crippen LogP contribution in [0.3, 0.4) is 0 Å². The predicted octanol–water partition coefficient (Wildman–Crippen LogP) is 3.48. The lowest BCUT2D eigenvalue weighted by Gasteiger charge is -2.13. The molecule has 0 aliphatic heterocycles. The Kier molecular flexibility index (Phi) is 5.75. The van der Waals surface area contributed by atoms with E-state index in [4.69, 9.17) is 0 Å². The zero-order valence-electron chi connectivity index (χ0n) is 9.09. The number of nitrogens with one attached hydrogen (secondary N) is 1.